The highest BCUT2D eigenvalue weighted by Gasteiger charge is 2.25. The summed E-state index contributed by atoms with van der Waals surface area (Å²) in [6.07, 6.45) is 3.52. The van der Waals surface area contributed by atoms with Crippen molar-refractivity contribution in [1.29, 1.82) is 0 Å². The molecule has 1 N–H and O–H groups in total. The molecule has 0 bridgehead atoms. The number of aromatic amines is 1. The molecule has 1 saturated carbocycles. The molecular formula is C11H13N3S. The molecule has 0 spiro atoms. The Kier molecular flexibility index (Phi) is 1.92. The lowest BCUT2D eigenvalue weighted by molar-refractivity contribution is 0.859. The molecule has 0 aromatic carbocycles. The third-order valence-electron chi connectivity index (χ3n) is 2.90. The number of rotatable bonds is 2. The highest BCUT2D eigenvalue weighted by molar-refractivity contribution is 7.71. The lowest BCUT2D eigenvalue weighted by Gasteiger charge is -1.97. The van der Waals surface area contributed by atoms with Crippen molar-refractivity contribution in [1.82, 2.24) is 14.6 Å². The van der Waals surface area contributed by atoms with Gasteiger partial charge in [-0.25, -0.2) is 9.50 Å². The average molecular weight is 219 g/mol. The van der Waals surface area contributed by atoms with E-state index in [1.165, 1.54) is 18.5 Å². The normalized spacial score (nSPS) is 16.1. The quantitative estimate of drug-likeness (QED) is 0.788. The molecule has 1 aliphatic rings. The molecule has 2 aromatic rings. The summed E-state index contributed by atoms with van der Waals surface area (Å²) in [4.78, 5) is 4.55. The summed E-state index contributed by atoms with van der Waals surface area (Å²) < 4.78 is 2.73. The molecule has 3 rings (SSSR count). The lowest BCUT2D eigenvalue weighted by atomic mass is 10.3. The Bertz CT molecular complexity index is 563. The number of nitrogens with zero attached hydrogens (tertiary/aromatic N) is 2. The highest BCUT2D eigenvalue weighted by atomic mass is 32.1. The summed E-state index contributed by atoms with van der Waals surface area (Å²) >= 11 is 5.32. The van der Waals surface area contributed by atoms with Crippen molar-refractivity contribution in [3.63, 3.8) is 0 Å². The minimum Gasteiger partial charge on any atom is -0.295 e. The van der Waals surface area contributed by atoms with Crippen LogP contribution in [0.1, 0.15) is 37.1 Å². The maximum Gasteiger partial charge on any atom is 0.154 e. The van der Waals surface area contributed by atoms with Crippen LogP contribution >= 0.6 is 12.2 Å². The van der Waals surface area contributed by atoms with Crippen LogP contribution in [-0.2, 0) is 6.42 Å². The van der Waals surface area contributed by atoms with Crippen LogP contribution in [0.5, 0.6) is 0 Å². The molecular weight excluding hydrogens is 206 g/mol. The molecule has 3 nitrogen and oxygen atoms in total. The molecule has 0 amide bonds. The predicted molar refractivity (Wildman–Crippen MR) is 61.7 cm³/mol. The minimum atomic E-state index is 0.714. The van der Waals surface area contributed by atoms with E-state index in [-0.39, 0.29) is 0 Å². The Balaban J connectivity index is 2.24. The Morgan fingerprint density at radius 1 is 1.53 bits per heavy atom. The van der Waals surface area contributed by atoms with Crippen molar-refractivity contribution in [2.45, 2.75) is 32.1 Å². The van der Waals surface area contributed by atoms with E-state index < -0.39 is 0 Å². The van der Waals surface area contributed by atoms with Gasteiger partial charge in [0.1, 0.15) is 4.64 Å². The molecule has 2 aromatic heterocycles. The topological polar surface area (TPSA) is 33.1 Å². The van der Waals surface area contributed by atoms with Crippen molar-refractivity contribution in [2.75, 3.05) is 0 Å². The number of nitrogens with one attached hydrogen (secondary N) is 1. The second-order valence-corrected chi connectivity index (χ2v) is 4.54. The first-order valence-corrected chi connectivity index (χ1v) is 5.80. The zero-order chi connectivity index (χ0) is 10.4. The molecule has 0 unspecified atom stereocenters. The van der Waals surface area contributed by atoms with E-state index in [4.69, 9.17) is 12.2 Å². The van der Waals surface area contributed by atoms with E-state index in [0.717, 1.165) is 22.4 Å². The third-order valence-corrected chi connectivity index (χ3v) is 3.20. The van der Waals surface area contributed by atoms with Gasteiger partial charge in [0.2, 0.25) is 0 Å². The first kappa shape index (κ1) is 9.09. The molecule has 1 fully saturated rings. The first-order valence-electron chi connectivity index (χ1n) is 5.39. The van der Waals surface area contributed by atoms with Crippen molar-refractivity contribution in [3.8, 4) is 0 Å². The van der Waals surface area contributed by atoms with Gasteiger partial charge in [0, 0.05) is 23.4 Å². The summed E-state index contributed by atoms with van der Waals surface area (Å²) in [6, 6.07) is 4.10. The fourth-order valence-electron chi connectivity index (χ4n) is 1.84. The summed E-state index contributed by atoms with van der Waals surface area (Å²) in [5.41, 5.74) is 3.31. The average Bonchev–Trinajstić information content (AvgIpc) is 2.98. The van der Waals surface area contributed by atoms with Gasteiger partial charge in [-0.1, -0.05) is 19.1 Å². The Labute approximate surface area is 93.1 Å². The van der Waals surface area contributed by atoms with Gasteiger partial charge in [0.15, 0.2) is 5.65 Å². The minimum absolute atomic E-state index is 0.714. The first-order chi connectivity index (χ1) is 7.28. The van der Waals surface area contributed by atoms with Crippen LogP contribution in [-0.4, -0.2) is 14.6 Å². The standard InChI is InChI=1S/C11H13N3S/c1-2-8-5-11(15)14-10(12-8)6-9(13-14)7-3-4-7/h5-7,13H,2-4H2,1H3. The number of hydrogen-bond donors (Lipinski definition) is 1. The van der Waals surface area contributed by atoms with E-state index in [2.05, 4.69) is 23.1 Å². The van der Waals surface area contributed by atoms with E-state index in [0.29, 0.717) is 5.92 Å². The lowest BCUT2D eigenvalue weighted by Crippen LogP contribution is -1.96. The van der Waals surface area contributed by atoms with E-state index in [9.17, 15) is 0 Å². The fraction of sp³-hybridized carbons (Fsp3) is 0.455. The number of hydrogen-bond acceptors (Lipinski definition) is 2. The van der Waals surface area contributed by atoms with E-state index in [1.807, 2.05) is 10.6 Å². The van der Waals surface area contributed by atoms with Gasteiger partial charge in [0.25, 0.3) is 0 Å². The zero-order valence-corrected chi connectivity index (χ0v) is 9.47. The Hall–Kier alpha value is -1.16. The van der Waals surface area contributed by atoms with Gasteiger partial charge in [-0.05, 0) is 25.3 Å². The molecule has 0 radical (unpaired) electrons. The Morgan fingerprint density at radius 3 is 3.00 bits per heavy atom. The van der Waals surface area contributed by atoms with Crippen LogP contribution in [0.2, 0.25) is 0 Å². The van der Waals surface area contributed by atoms with Gasteiger partial charge in [-0.2, -0.15) is 0 Å². The Morgan fingerprint density at radius 2 is 2.33 bits per heavy atom. The molecule has 2 heterocycles. The zero-order valence-electron chi connectivity index (χ0n) is 8.66. The smallest absolute Gasteiger partial charge is 0.154 e. The summed E-state index contributed by atoms with van der Waals surface area (Å²) in [6.45, 7) is 2.10. The predicted octanol–water partition coefficient (Wildman–Crippen LogP) is 2.83. The number of aryl methyl sites for hydroxylation is 1. The number of H-pyrrole nitrogens is 1. The maximum atomic E-state index is 5.32. The molecule has 0 saturated heterocycles. The largest absolute Gasteiger partial charge is 0.295 e. The van der Waals surface area contributed by atoms with Crippen molar-refractivity contribution < 1.29 is 0 Å². The maximum absolute atomic E-state index is 5.32. The van der Waals surface area contributed by atoms with Crippen LogP contribution in [0, 0.1) is 4.64 Å². The number of aromatic nitrogens is 3. The van der Waals surface area contributed by atoms with Crippen molar-refractivity contribution in [2.24, 2.45) is 0 Å². The second kappa shape index (κ2) is 3.17. The van der Waals surface area contributed by atoms with Crippen molar-refractivity contribution in [3.05, 3.63) is 28.2 Å². The SMILES string of the molecule is CCc1cc(=S)n2[nH]c(C3CC3)cc2n1. The van der Waals surface area contributed by atoms with E-state index >= 15 is 0 Å². The molecule has 0 aliphatic heterocycles. The van der Waals surface area contributed by atoms with Crippen LogP contribution in [0.4, 0.5) is 0 Å². The van der Waals surface area contributed by atoms with Gasteiger partial charge in [-0.15, -0.1) is 0 Å². The number of fused-ring (bicyclic) bond motifs is 1. The molecule has 1 aliphatic carbocycles. The third kappa shape index (κ3) is 1.49. The molecule has 0 atom stereocenters. The van der Waals surface area contributed by atoms with Crippen LogP contribution in [0.15, 0.2) is 12.1 Å². The van der Waals surface area contributed by atoms with Crippen LogP contribution in [0.3, 0.4) is 0 Å². The van der Waals surface area contributed by atoms with Gasteiger partial charge >= 0.3 is 0 Å². The summed E-state index contributed by atoms with van der Waals surface area (Å²) in [5.74, 6) is 0.714. The monoisotopic (exact) mass is 219 g/mol. The van der Waals surface area contributed by atoms with Crippen LogP contribution < -0.4 is 0 Å². The van der Waals surface area contributed by atoms with E-state index in [1.54, 1.807) is 0 Å². The fourth-order valence-corrected chi connectivity index (χ4v) is 2.12. The van der Waals surface area contributed by atoms with Gasteiger partial charge in [0.05, 0.1) is 0 Å². The summed E-state index contributed by atoms with van der Waals surface area (Å²) in [5, 5.41) is 3.33. The summed E-state index contributed by atoms with van der Waals surface area (Å²) in [7, 11) is 0. The highest BCUT2D eigenvalue weighted by Crippen LogP contribution is 2.39. The van der Waals surface area contributed by atoms with Gasteiger partial charge in [-0.3, -0.25) is 5.10 Å². The second-order valence-electron chi connectivity index (χ2n) is 4.12. The van der Waals surface area contributed by atoms with Crippen molar-refractivity contribution >= 4 is 17.9 Å². The van der Waals surface area contributed by atoms with Gasteiger partial charge < -0.3 is 0 Å². The molecule has 78 valence electrons. The molecule has 15 heavy (non-hydrogen) atoms. The van der Waals surface area contributed by atoms with Crippen LogP contribution in [0.25, 0.3) is 5.65 Å². The molecule has 4 heteroatoms.